The molecule has 1 nitrogen and oxygen atoms in total. The van der Waals surface area contributed by atoms with Gasteiger partial charge < -0.3 is 0 Å². The molecule has 90 valence electrons. The van der Waals surface area contributed by atoms with Gasteiger partial charge in [0, 0.05) is 11.5 Å². The van der Waals surface area contributed by atoms with Crippen molar-refractivity contribution in [3.05, 3.63) is 11.5 Å². The Morgan fingerprint density at radius 2 is 1.62 bits per heavy atom. The van der Waals surface area contributed by atoms with E-state index in [1.54, 1.807) is 5.30 Å². The molecule has 0 N–H and O–H groups in total. The topological polar surface area (TPSA) is 12.9 Å². The Morgan fingerprint density at radius 3 is 2.12 bits per heavy atom. The molecule has 0 saturated heterocycles. The normalized spacial score (nSPS) is 23.8. The molecule has 0 amide bonds. The molecular formula is C13H23NP2. The molecule has 0 aliphatic heterocycles. The average Bonchev–Trinajstić information content (AvgIpc) is 2.81. The molecule has 0 bridgehead atoms. The van der Waals surface area contributed by atoms with Crippen LogP contribution in [0.25, 0.3) is 0 Å². The highest BCUT2D eigenvalue weighted by atomic mass is 31.8. The van der Waals surface area contributed by atoms with Crippen molar-refractivity contribution >= 4 is 15.9 Å². The van der Waals surface area contributed by atoms with Gasteiger partial charge in [-0.05, 0) is 34.2 Å². The minimum absolute atomic E-state index is 0.478. The van der Waals surface area contributed by atoms with Crippen LogP contribution in [0.5, 0.6) is 0 Å². The van der Waals surface area contributed by atoms with Crippen LogP contribution in [0.15, 0.2) is 6.20 Å². The highest BCUT2D eigenvalue weighted by Gasteiger charge is 2.27. The standard InChI is InChI=1S/C13H23NP2/c1-13(12-11-14-16-15-12)9-7-5-3-2-4-6-8-10-13/h11,16H,2-10H2,1H3. The molecule has 1 saturated carbocycles. The molecular weight excluding hydrogens is 232 g/mol. The fourth-order valence-corrected chi connectivity index (χ4v) is 5.51. The van der Waals surface area contributed by atoms with E-state index in [0.29, 0.717) is 5.41 Å². The third-order valence-corrected chi connectivity index (χ3v) is 6.60. The van der Waals surface area contributed by atoms with Crippen molar-refractivity contribution in [2.45, 2.75) is 70.1 Å². The number of rotatable bonds is 1. The van der Waals surface area contributed by atoms with Gasteiger partial charge in [0.2, 0.25) is 0 Å². The molecule has 1 aromatic rings. The van der Waals surface area contributed by atoms with Crippen LogP contribution < -0.4 is 0 Å². The lowest BCUT2D eigenvalue weighted by Gasteiger charge is -2.29. The van der Waals surface area contributed by atoms with E-state index in [1.165, 1.54) is 65.7 Å². The van der Waals surface area contributed by atoms with Crippen LogP contribution in [0.2, 0.25) is 0 Å². The van der Waals surface area contributed by atoms with Crippen molar-refractivity contribution in [3.63, 3.8) is 0 Å². The van der Waals surface area contributed by atoms with Crippen LogP contribution in [0.4, 0.5) is 0 Å². The maximum Gasteiger partial charge on any atom is 0.0397 e. The Balaban J connectivity index is 2.03. The predicted molar refractivity (Wildman–Crippen MR) is 75.2 cm³/mol. The van der Waals surface area contributed by atoms with E-state index in [0.717, 1.165) is 8.03 Å². The van der Waals surface area contributed by atoms with Crippen LogP contribution in [-0.2, 0) is 5.41 Å². The van der Waals surface area contributed by atoms with Crippen molar-refractivity contribution in [2.75, 3.05) is 0 Å². The molecule has 1 aromatic heterocycles. The summed E-state index contributed by atoms with van der Waals surface area (Å²) < 4.78 is 4.43. The summed E-state index contributed by atoms with van der Waals surface area (Å²) in [5, 5.41) is 1.63. The maximum absolute atomic E-state index is 4.43. The Bertz CT molecular complexity index is 285. The first kappa shape index (κ1) is 12.6. The van der Waals surface area contributed by atoms with Gasteiger partial charge in [-0.3, -0.25) is 0 Å². The van der Waals surface area contributed by atoms with Crippen LogP contribution >= 0.6 is 15.9 Å². The number of aromatic nitrogens is 1. The Hall–Kier alpha value is 0.140. The summed E-state index contributed by atoms with van der Waals surface area (Å²) >= 11 is 0. The van der Waals surface area contributed by atoms with Gasteiger partial charge in [-0.2, -0.15) is 0 Å². The summed E-state index contributed by atoms with van der Waals surface area (Å²) in [4.78, 5) is 0. The zero-order valence-electron chi connectivity index (χ0n) is 10.3. The summed E-state index contributed by atoms with van der Waals surface area (Å²) in [5.41, 5.74) is 0.478. The highest BCUT2D eigenvalue weighted by Crippen LogP contribution is 2.42. The molecule has 0 spiro atoms. The third-order valence-electron chi connectivity index (χ3n) is 3.99. The maximum atomic E-state index is 4.43. The number of hydrogen-bond acceptors (Lipinski definition) is 1. The molecule has 3 heteroatoms. The SMILES string of the molecule is CC1(c2cn[pH]p2)CCCCCCCCC1. The molecule has 1 aliphatic rings. The fraction of sp³-hybridized carbons (Fsp3) is 0.846. The fourth-order valence-electron chi connectivity index (χ4n) is 2.79. The Labute approximate surface area is 103 Å². The first-order chi connectivity index (χ1) is 7.81. The average molecular weight is 255 g/mol. The van der Waals surface area contributed by atoms with E-state index in [-0.39, 0.29) is 0 Å². The van der Waals surface area contributed by atoms with E-state index < -0.39 is 0 Å². The first-order valence-electron chi connectivity index (χ1n) is 6.67. The molecule has 1 aliphatic carbocycles. The second-order valence-electron chi connectivity index (χ2n) is 5.39. The van der Waals surface area contributed by atoms with Gasteiger partial charge in [-0.15, -0.1) is 0 Å². The number of nitrogens with zero attached hydrogens (tertiary/aromatic N) is 1. The Kier molecular flexibility index (Phi) is 4.86. The van der Waals surface area contributed by atoms with E-state index in [2.05, 4.69) is 17.9 Å². The van der Waals surface area contributed by atoms with Crippen molar-refractivity contribution in [1.29, 1.82) is 0 Å². The zero-order chi connectivity index (χ0) is 11.3. The van der Waals surface area contributed by atoms with Gasteiger partial charge in [0.05, 0.1) is 0 Å². The van der Waals surface area contributed by atoms with E-state index >= 15 is 0 Å². The largest absolute Gasteiger partial charge is 0.244 e. The minimum Gasteiger partial charge on any atom is -0.244 e. The number of hydrogen-bond donors (Lipinski definition) is 0. The molecule has 1 atom stereocenters. The quantitative estimate of drug-likeness (QED) is 0.648. The van der Waals surface area contributed by atoms with E-state index in [9.17, 15) is 0 Å². The Morgan fingerprint density at radius 1 is 1.06 bits per heavy atom. The molecule has 1 unspecified atom stereocenters. The van der Waals surface area contributed by atoms with Gasteiger partial charge >= 0.3 is 0 Å². The van der Waals surface area contributed by atoms with Gasteiger partial charge in [-0.1, -0.05) is 51.9 Å². The second-order valence-corrected chi connectivity index (χ2v) is 7.83. The van der Waals surface area contributed by atoms with Crippen molar-refractivity contribution < 1.29 is 0 Å². The molecule has 0 aromatic carbocycles. The monoisotopic (exact) mass is 255 g/mol. The molecule has 1 fully saturated rings. The highest BCUT2D eigenvalue weighted by molar-refractivity contribution is 7.89. The molecule has 0 radical (unpaired) electrons. The van der Waals surface area contributed by atoms with Gasteiger partial charge in [-0.25, -0.2) is 4.75 Å². The lowest BCUT2D eigenvalue weighted by molar-refractivity contribution is 0.356. The smallest absolute Gasteiger partial charge is 0.0397 e. The summed E-state index contributed by atoms with van der Waals surface area (Å²) in [6.07, 6.45) is 15.1. The van der Waals surface area contributed by atoms with E-state index in [1.807, 2.05) is 0 Å². The van der Waals surface area contributed by atoms with Crippen LogP contribution in [-0.4, -0.2) is 4.75 Å². The van der Waals surface area contributed by atoms with Crippen LogP contribution in [0.3, 0.4) is 0 Å². The van der Waals surface area contributed by atoms with Gasteiger partial charge in [0.1, 0.15) is 0 Å². The third kappa shape index (κ3) is 3.31. The van der Waals surface area contributed by atoms with E-state index in [4.69, 9.17) is 0 Å². The summed E-state index contributed by atoms with van der Waals surface area (Å²) in [6, 6.07) is 0. The van der Waals surface area contributed by atoms with Crippen molar-refractivity contribution in [3.8, 4) is 0 Å². The molecule has 16 heavy (non-hydrogen) atoms. The second kappa shape index (κ2) is 6.18. The lowest BCUT2D eigenvalue weighted by atomic mass is 9.78. The van der Waals surface area contributed by atoms with Crippen molar-refractivity contribution in [2.24, 2.45) is 0 Å². The van der Waals surface area contributed by atoms with Crippen LogP contribution in [0.1, 0.15) is 70.0 Å². The summed E-state index contributed by atoms with van der Waals surface area (Å²) in [7, 11) is 2.30. The molecule has 1 heterocycles. The summed E-state index contributed by atoms with van der Waals surface area (Å²) in [5.74, 6) is 0. The van der Waals surface area contributed by atoms with Crippen LogP contribution in [0, 0.1) is 0 Å². The minimum atomic E-state index is 0.478. The van der Waals surface area contributed by atoms with Gasteiger partial charge in [0.25, 0.3) is 0 Å². The van der Waals surface area contributed by atoms with Crippen molar-refractivity contribution in [1.82, 2.24) is 4.75 Å². The predicted octanol–water partition coefficient (Wildman–Crippen LogP) is 5.48. The van der Waals surface area contributed by atoms with Gasteiger partial charge in [0.15, 0.2) is 0 Å². The zero-order valence-corrected chi connectivity index (χ0v) is 12.2. The first-order valence-corrected chi connectivity index (χ1v) is 9.36. The summed E-state index contributed by atoms with van der Waals surface area (Å²) in [6.45, 7) is 2.48. The molecule has 2 rings (SSSR count). The lowest BCUT2D eigenvalue weighted by Crippen LogP contribution is -2.20.